The number of nitrogens with two attached hydrogens (primary N) is 1. The van der Waals surface area contributed by atoms with E-state index in [-0.39, 0.29) is 5.56 Å². The fourth-order valence-corrected chi connectivity index (χ4v) is 0.824. The van der Waals surface area contributed by atoms with E-state index in [0.717, 1.165) is 0 Å². The number of aldehydes is 1. The molecule has 0 aliphatic heterocycles. The molecule has 0 spiro atoms. The minimum atomic E-state index is -0.576. The van der Waals surface area contributed by atoms with Gasteiger partial charge >= 0.3 is 0 Å². The average Bonchev–Trinajstić information content (AvgIpc) is 2.45. The van der Waals surface area contributed by atoms with Gasteiger partial charge in [0.25, 0.3) is 0 Å². The molecular formula is C14H25NO2. The maximum Gasteiger partial charge on any atom is 0.249 e. The van der Waals surface area contributed by atoms with E-state index in [2.05, 4.69) is 0 Å². The van der Waals surface area contributed by atoms with Gasteiger partial charge in [-0.3, -0.25) is 9.59 Å². The summed E-state index contributed by atoms with van der Waals surface area (Å²) in [6, 6.07) is 6.41. The van der Waals surface area contributed by atoms with Crippen molar-refractivity contribution in [3.05, 3.63) is 35.4 Å². The molecular weight excluding hydrogens is 214 g/mol. The molecule has 0 atom stereocenters. The Kier molecular flexibility index (Phi) is 20.5. The van der Waals surface area contributed by atoms with E-state index >= 15 is 0 Å². The van der Waals surface area contributed by atoms with E-state index in [4.69, 9.17) is 5.73 Å². The zero-order chi connectivity index (χ0) is 14.3. The first-order valence-electron chi connectivity index (χ1n) is 6.09. The van der Waals surface area contributed by atoms with Crippen molar-refractivity contribution < 1.29 is 9.59 Å². The molecule has 0 unspecified atom stereocenters. The highest BCUT2D eigenvalue weighted by molar-refractivity contribution is 6.00. The Morgan fingerprint density at radius 2 is 1.41 bits per heavy atom. The third kappa shape index (κ3) is 9.30. The summed E-state index contributed by atoms with van der Waals surface area (Å²) in [5, 5.41) is 0. The summed E-state index contributed by atoms with van der Waals surface area (Å²) in [6.45, 7) is 12.0. The van der Waals surface area contributed by atoms with Crippen LogP contribution in [-0.4, -0.2) is 12.2 Å². The van der Waals surface area contributed by atoms with Gasteiger partial charge in [-0.1, -0.05) is 59.7 Å². The Balaban J connectivity index is -0.000000285. The molecule has 98 valence electrons. The van der Waals surface area contributed by atoms with E-state index < -0.39 is 5.91 Å². The van der Waals surface area contributed by atoms with E-state index in [1.54, 1.807) is 18.2 Å². The van der Waals surface area contributed by atoms with Crippen molar-refractivity contribution in [2.45, 2.75) is 41.5 Å². The Morgan fingerprint density at radius 1 is 1.00 bits per heavy atom. The van der Waals surface area contributed by atoms with Crippen LogP contribution >= 0.6 is 0 Å². The molecule has 0 saturated carbocycles. The van der Waals surface area contributed by atoms with Gasteiger partial charge in [0.1, 0.15) is 0 Å². The number of hydrogen-bond acceptors (Lipinski definition) is 2. The van der Waals surface area contributed by atoms with Crippen LogP contribution in [0.5, 0.6) is 0 Å². The van der Waals surface area contributed by atoms with Gasteiger partial charge in [0.15, 0.2) is 6.29 Å². The van der Waals surface area contributed by atoms with Gasteiger partial charge in [0.05, 0.1) is 0 Å². The number of amides is 1. The van der Waals surface area contributed by atoms with Crippen LogP contribution in [0.2, 0.25) is 0 Å². The molecule has 1 rings (SSSR count). The SMILES string of the molecule is CC.CC.CC.NC(=O)c1ccccc1C=O. The molecule has 0 fully saturated rings. The van der Waals surface area contributed by atoms with Crippen LogP contribution in [0.3, 0.4) is 0 Å². The molecule has 0 radical (unpaired) electrons. The fraction of sp³-hybridized carbons (Fsp3) is 0.429. The monoisotopic (exact) mass is 239 g/mol. The van der Waals surface area contributed by atoms with Crippen molar-refractivity contribution in [3.63, 3.8) is 0 Å². The molecule has 17 heavy (non-hydrogen) atoms. The Morgan fingerprint density at radius 3 is 1.71 bits per heavy atom. The summed E-state index contributed by atoms with van der Waals surface area (Å²) in [5.41, 5.74) is 5.59. The largest absolute Gasteiger partial charge is 0.366 e. The van der Waals surface area contributed by atoms with Gasteiger partial charge in [-0.15, -0.1) is 0 Å². The summed E-state index contributed by atoms with van der Waals surface area (Å²) in [5.74, 6) is -0.576. The Bertz CT molecular complexity index is 296. The topological polar surface area (TPSA) is 60.2 Å². The Hall–Kier alpha value is -1.64. The zero-order valence-corrected chi connectivity index (χ0v) is 11.8. The van der Waals surface area contributed by atoms with E-state index in [1.807, 2.05) is 41.5 Å². The lowest BCUT2D eigenvalue weighted by Crippen LogP contribution is -2.13. The van der Waals surface area contributed by atoms with E-state index in [9.17, 15) is 9.59 Å². The molecule has 3 heteroatoms. The minimum Gasteiger partial charge on any atom is -0.366 e. The predicted molar refractivity (Wildman–Crippen MR) is 74.4 cm³/mol. The number of carbonyl (C=O) groups excluding carboxylic acids is 2. The summed E-state index contributed by atoms with van der Waals surface area (Å²) in [6.07, 6.45) is 0.611. The van der Waals surface area contributed by atoms with E-state index in [0.29, 0.717) is 11.8 Å². The molecule has 1 amide bonds. The molecule has 0 saturated heterocycles. The highest BCUT2D eigenvalue weighted by Gasteiger charge is 2.04. The third-order valence-corrected chi connectivity index (χ3v) is 1.35. The van der Waals surface area contributed by atoms with Crippen LogP contribution in [0.4, 0.5) is 0 Å². The van der Waals surface area contributed by atoms with Crippen LogP contribution in [0.1, 0.15) is 62.3 Å². The van der Waals surface area contributed by atoms with Gasteiger partial charge in [0.2, 0.25) is 5.91 Å². The molecule has 0 heterocycles. The first-order valence-corrected chi connectivity index (χ1v) is 6.09. The van der Waals surface area contributed by atoms with Crippen LogP contribution in [0.15, 0.2) is 24.3 Å². The maximum absolute atomic E-state index is 10.6. The predicted octanol–water partition coefficient (Wildman–Crippen LogP) is 3.68. The highest BCUT2D eigenvalue weighted by Crippen LogP contribution is 2.03. The van der Waals surface area contributed by atoms with Crippen molar-refractivity contribution in [1.29, 1.82) is 0 Å². The second-order valence-electron chi connectivity index (χ2n) is 2.07. The van der Waals surface area contributed by atoms with Crippen molar-refractivity contribution in [2.75, 3.05) is 0 Å². The van der Waals surface area contributed by atoms with E-state index in [1.165, 1.54) is 6.07 Å². The van der Waals surface area contributed by atoms with Gasteiger partial charge in [0, 0.05) is 11.1 Å². The molecule has 3 nitrogen and oxygen atoms in total. The van der Waals surface area contributed by atoms with Crippen LogP contribution < -0.4 is 5.73 Å². The minimum absolute atomic E-state index is 0.266. The average molecular weight is 239 g/mol. The molecule has 0 aromatic heterocycles. The molecule has 0 aliphatic rings. The van der Waals surface area contributed by atoms with Crippen LogP contribution in [0.25, 0.3) is 0 Å². The lowest BCUT2D eigenvalue weighted by atomic mass is 10.1. The second kappa shape index (κ2) is 16.8. The summed E-state index contributed by atoms with van der Waals surface area (Å²) >= 11 is 0. The summed E-state index contributed by atoms with van der Waals surface area (Å²) in [4.78, 5) is 21.0. The van der Waals surface area contributed by atoms with Gasteiger partial charge < -0.3 is 5.73 Å². The van der Waals surface area contributed by atoms with Gasteiger partial charge in [-0.25, -0.2) is 0 Å². The lowest BCUT2D eigenvalue weighted by Gasteiger charge is -1.96. The first-order chi connectivity index (χ1) is 8.25. The number of primary amides is 1. The molecule has 2 N–H and O–H groups in total. The standard InChI is InChI=1S/C8H7NO2.3C2H6/c9-8(11)7-4-2-1-3-6(7)5-10;3*1-2/h1-5H,(H2,9,11);3*1-2H3. The Labute approximate surface area is 105 Å². The summed E-state index contributed by atoms with van der Waals surface area (Å²) in [7, 11) is 0. The number of benzene rings is 1. The molecule has 1 aromatic rings. The maximum atomic E-state index is 10.6. The van der Waals surface area contributed by atoms with Crippen molar-refractivity contribution in [3.8, 4) is 0 Å². The normalized spacial score (nSPS) is 6.94. The second-order valence-corrected chi connectivity index (χ2v) is 2.07. The first kappa shape index (κ1) is 20.7. The number of carbonyl (C=O) groups is 2. The molecule has 1 aromatic carbocycles. The molecule has 0 bridgehead atoms. The quantitative estimate of drug-likeness (QED) is 0.800. The lowest BCUT2D eigenvalue weighted by molar-refractivity contribution is 0.0993. The fourth-order valence-electron chi connectivity index (χ4n) is 0.824. The number of hydrogen-bond donors (Lipinski definition) is 1. The van der Waals surface area contributed by atoms with Crippen LogP contribution in [-0.2, 0) is 0 Å². The van der Waals surface area contributed by atoms with Gasteiger partial charge in [-0.05, 0) is 6.07 Å². The summed E-state index contributed by atoms with van der Waals surface area (Å²) < 4.78 is 0. The van der Waals surface area contributed by atoms with Crippen molar-refractivity contribution >= 4 is 12.2 Å². The highest BCUT2D eigenvalue weighted by atomic mass is 16.1. The van der Waals surface area contributed by atoms with Crippen LogP contribution in [0, 0.1) is 0 Å². The number of rotatable bonds is 2. The smallest absolute Gasteiger partial charge is 0.249 e. The van der Waals surface area contributed by atoms with Crippen molar-refractivity contribution in [2.24, 2.45) is 5.73 Å². The third-order valence-electron chi connectivity index (χ3n) is 1.35. The van der Waals surface area contributed by atoms with Crippen molar-refractivity contribution in [1.82, 2.24) is 0 Å². The zero-order valence-electron chi connectivity index (χ0n) is 11.8. The van der Waals surface area contributed by atoms with Gasteiger partial charge in [-0.2, -0.15) is 0 Å². The molecule has 0 aliphatic carbocycles.